The van der Waals surface area contributed by atoms with E-state index < -0.39 is 0 Å². The summed E-state index contributed by atoms with van der Waals surface area (Å²) in [5.41, 5.74) is 1.59. The number of nitrogens with zero attached hydrogens (tertiary/aromatic N) is 4. The third kappa shape index (κ3) is 4.61. The third-order valence-electron chi connectivity index (χ3n) is 5.79. The molecule has 4 rings (SSSR count). The van der Waals surface area contributed by atoms with Crippen LogP contribution in [-0.4, -0.2) is 48.1 Å². The predicted molar refractivity (Wildman–Crippen MR) is 112 cm³/mol. The summed E-state index contributed by atoms with van der Waals surface area (Å²) in [5.74, 6) is 0.990. The number of carbonyl (C=O) groups excluding carboxylic acids is 1. The van der Waals surface area contributed by atoms with E-state index in [4.69, 9.17) is 0 Å². The van der Waals surface area contributed by atoms with Gasteiger partial charge in [0, 0.05) is 38.4 Å². The molecule has 2 fully saturated rings. The maximum atomic E-state index is 12.5. The van der Waals surface area contributed by atoms with Gasteiger partial charge >= 0.3 is 0 Å². The van der Waals surface area contributed by atoms with Gasteiger partial charge in [-0.2, -0.15) is 0 Å². The second-order valence-corrected chi connectivity index (χ2v) is 7.73. The van der Waals surface area contributed by atoms with E-state index in [2.05, 4.69) is 31.2 Å². The fourth-order valence-electron chi connectivity index (χ4n) is 4.13. The van der Waals surface area contributed by atoms with Gasteiger partial charge in [-0.1, -0.05) is 31.7 Å². The Balaban J connectivity index is 1.31. The Labute approximate surface area is 167 Å². The average molecular weight is 380 g/mol. The molecular weight excluding hydrogens is 350 g/mol. The molecule has 0 spiro atoms. The van der Waals surface area contributed by atoms with Crippen molar-refractivity contribution in [3.8, 4) is 0 Å². The van der Waals surface area contributed by atoms with Crippen LogP contribution in [0.4, 0.5) is 11.5 Å². The van der Waals surface area contributed by atoms with Crippen LogP contribution >= 0.6 is 0 Å². The molecule has 3 heterocycles. The Morgan fingerprint density at radius 3 is 2.29 bits per heavy atom. The van der Waals surface area contributed by atoms with E-state index in [0.717, 1.165) is 50.5 Å². The lowest BCUT2D eigenvalue weighted by atomic mass is 10.1. The molecule has 2 aliphatic rings. The quantitative estimate of drug-likeness (QED) is 0.827. The minimum absolute atomic E-state index is 0.0431. The van der Waals surface area contributed by atoms with Crippen LogP contribution in [-0.2, 0) is 0 Å². The Morgan fingerprint density at radius 1 is 0.893 bits per heavy atom. The zero-order valence-corrected chi connectivity index (χ0v) is 16.4. The van der Waals surface area contributed by atoms with E-state index in [1.807, 2.05) is 36.7 Å². The first-order chi connectivity index (χ1) is 13.8. The summed E-state index contributed by atoms with van der Waals surface area (Å²) < 4.78 is 0. The van der Waals surface area contributed by atoms with E-state index in [0.29, 0.717) is 11.7 Å². The van der Waals surface area contributed by atoms with Crippen LogP contribution in [0.5, 0.6) is 0 Å². The van der Waals surface area contributed by atoms with Gasteiger partial charge in [0.05, 0.1) is 11.9 Å². The highest BCUT2D eigenvalue weighted by Gasteiger charge is 2.20. The van der Waals surface area contributed by atoms with Crippen molar-refractivity contribution >= 4 is 17.4 Å². The smallest absolute Gasteiger partial charge is 0.270 e. The van der Waals surface area contributed by atoms with Crippen molar-refractivity contribution in [3.63, 3.8) is 0 Å². The maximum absolute atomic E-state index is 12.5. The van der Waals surface area contributed by atoms with Crippen LogP contribution < -0.4 is 15.1 Å². The molecule has 0 radical (unpaired) electrons. The second kappa shape index (κ2) is 9.04. The number of piperazine rings is 1. The SMILES string of the molecule is O=C(NC1CCCCCC1)c1ccc(N2CCN(c3ccccn3)CC2)cn1. The van der Waals surface area contributed by atoms with Crippen molar-refractivity contribution in [2.45, 2.75) is 44.6 Å². The molecule has 1 aliphatic carbocycles. The van der Waals surface area contributed by atoms with Crippen LogP contribution in [0.2, 0.25) is 0 Å². The highest BCUT2D eigenvalue weighted by atomic mass is 16.1. The summed E-state index contributed by atoms with van der Waals surface area (Å²) >= 11 is 0. The Bertz CT molecular complexity index is 748. The number of hydrogen-bond donors (Lipinski definition) is 1. The number of aromatic nitrogens is 2. The Hall–Kier alpha value is -2.63. The number of nitrogens with one attached hydrogen (secondary N) is 1. The third-order valence-corrected chi connectivity index (χ3v) is 5.79. The van der Waals surface area contributed by atoms with Crippen molar-refractivity contribution in [3.05, 3.63) is 48.4 Å². The fourth-order valence-corrected chi connectivity index (χ4v) is 4.13. The summed E-state index contributed by atoms with van der Waals surface area (Å²) in [4.78, 5) is 26.0. The van der Waals surface area contributed by atoms with Gasteiger partial charge in [0.15, 0.2) is 0 Å². The molecule has 1 amide bonds. The number of anilines is 2. The molecule has 2 aromatic heterocycles. The second-order valence-electron chi connectivity index (χ2n) is 7.73. The van der Waals surface area contributed by atoms with Gasteiger partial charge in [-0.05, 0) is 37.1 Å². The monoisotopic (exact) mass is 379 g/mol. The predicted octanol–water partition coefficient (Wildman–Crippen LogP) is 3.26. The van der Waals surface area contributed by atoms with Crippen LogP contribution in [0.1, 0.15) is 49.0 Å². The molecule has 28 heavy (non-hydrogen) atoms. The van der Waals surface area contributed by atoms with E-state index in [1.54, 1.807) is 0 Å². The number of hydrogen-bond acceptors (Lipinski definition) is 5. The van der Waals surface area contributed by atoms with Crippen LogP contribution in [0, 0.1) is 0 Å². The maximum Gasteiger partial charge on any atom is 0.270 e. The molecule has 0 atom stereocenters. The van der Waals surface area contributed by atoms with E-state index in [1.165, 1.54) is 25.7 Å². The van der Waals surface area contributed by atoms with Gasteiger partial charge in [-0.15, -0.1) is 0 Å². The highest BCUT2D eigenvalue weighted by molar-refractivity contribution is 5.92. The molecule has 2 aromatic rings. The van der Waals surface area contributed by atoms with Gasteiger partial charge in [0.25, 0.3) is 5.91 Å². The number of rotatable bonds is 4. The van der Waals surface area contributed by atoms with Gasteiger partial charge < -0.3 is 15.1 Å². The molecule has 148 valence electrons. The number of amides is 1. The zero-order chi connectivity index (χ0) is 19.2. The molecule has 1 saturated carbocycles. The number of carbonyl (C=O) groups is 1. The molecule has 0 aromatic carbocycles. The molecule has 6 heteroatoms. The van der Waals surface area contributed by atoms with Crippen LogP contribution in [0.25, 0.3) is 0 Å². The largest absolute Gasteiger partial charge is 0.367 e. The standard InChI is InChI=1S/C22H29N5O/c28-22(25-18-7-3-1-2-4-8-18)20-11-10-19(17-24-20)26-13-15-27(16-14-26)21-9-5-6-12-23-21/h5-6,9-12,17-18H,1-4,7-8,13-16H2,(H,25,28). The molecule has 0 bridgehead atoms. The first-order valence-corrected chi connectivity index (χ1v) is 10.5. The molecule has 1 N–H and O–H groups in total. The zero-order valence-electron chi connectivity index (χ0n) is 16.4. The molecule has 1 aliphatic heterocycles. The number of pyridine rings is 2. The first kappa shape index (κ1) is 18.7. The summed E-state index contributed by atoms with van der Waals surface area (Å²) in [6, 6.07) is 10.2. The summed E-state index contributed by atoms with van der Waals surface area (Å²) in [5, 5.41) is 3.17. The highest BCUT2D eigenvalue weighted by Crippen LogP contribution is 2.20. The van der Waals surface area contributed by atoms with E-state index in [-0.39, 0.29) is 5.91 Å². The minimum atomic E-state index is -0.0431. The fraction of sp³-hybridized carbons (Fsp3) is 0.500. The molecular formula is C22H29N5O. The van der Waals surface area contributed by atoms with Crippen molar-refractivity contribution in [2.24, 2.45) is 0 Å². The Kier molecular flexibility index (Phi) is 6.04. The normalized spacial score (nSPS) is 18.6. The first-order valence-electron chi connectivity index (χ1n) is 10.5. The van der Waals surface area contributed by atoms with Crippen LogP contribution in [0.3, 0.4) is 0 Å². The van der Waals surface area contributed by atoms with Gasteiger partial charge in [0.1, 0.15) is 11.5 Å². The van der Waals surface area contributed by atoms with Crippen LogP contribution in [0.15, 0.2) is 42.7 Å². The molecule has 1 saturated heterocycles. The lowest BCUT2D eigenvalue weighted by molar-refractivity contribution is 0.0928. The summed E-state index contributed by atoms with van der Waals surface area (Å²) in [7, 11) is 0. The molecule has 6 nitrogen and oxygen atoms in total. The Morgan fingerprint density at radius 2 is 1.64 bits per heavy atom. The average Bonchev–Trinajstić information content (AvgIpc) is 3.03. The van der Waals surface area contributed by atoms with Gasteiger partial charge in [-0.3, -0.25) is 4.79 Å². The van der Waals surface area contributed by atoms with Crippen molar-refractivity contribution < 1.29 is 4.79 Å². The van der Waals surface area contributed by atoms with Crippen molar-refractivity contribution in [1.29, 1.82) is 0 Å². The lowest BCUT2D eigenvalue weighted by Gasteiger charge is -2.36. The van der Waals surface area contributed by atoms with Gasteiger partial charge in [0.2, 0.25) is 0 Å². The van der Waals surface area contributed by atoms with Crippen molar-refractivity contribution in [1.82, 2.24) is 15.3 Å². The molecule has 0 unspecified atom stereocenters. The van der Waals surface area contributed by atoms with Crippen molar-refractivity contribution in [2.75, 3.05) is 36.0 Å². The van der Waals surface area contributed by atoms with Gasteiger partial charge in [-0.25, -0.2) is 9.97 Å². The minimum Gasteiger partial charge on any atom is -0.367 e. The summed E-state index contributed by atoms with van der Waals surface area (Å²) in [6.45, 7) is 3.71. The van der Waals surface area contributed by atoms with E-state index >= 15 is 0 Å². The van der Waals surface area contributed by atoms with E-state index in [9.17, 15) is 4.79 Å². The lowest BCUT2D eigenvalue weighted by Crippen LogP contribution is -2.46. The topological polar surface area (TPSA) is 61.4 Å². The summed E-state index contributed by atoms with van der Waals surface area (Å²) in [6.07, 6.45) is 10.8.